The Hall–Kier alpha value is -3.03. The van der Waals surface area contributed by atoms with E-state index >= 15 is 0 Å². The highest BCUT2D eigenvalue weighted by molar-refractivity contribution is 5.89. The second kappa shape index (κ2) is 5.31. The van der Waals surface area contributed by atoms with Crippen LogP contribution in [0.25, 0.3) is 0 Å². The molecule has 102 valence electrons. The molecule has 0 atom stereocenters. The zero-order valence-electron chi connectivity index (χ0n) is 9.82. The smallest absolute Gasteiger partial charge is 0.338 e. The Labute approximate surface area is 111 Å². The van der Waals surface area contributed by atoms with E-state index in [0.29, 0.717) is 6.07 Å². The maximum absolute atomic E-state index is 13.4. The molecule has 1 heterocycles. The normalized spacial score (nSPS) is 10.1. The maximum Gasteiger partial charge on any atom is 0.338 e. The van der Waals surface area contributed by atoms with Gasteiger partial charge in [0.05, 0.1) is 22.7 Å². The number of nitro benzene ring substituents is 1. The van der Waals surface area contributed by atoms with Crippen LogP contribution in [0, 0.1) is 15.9 Å². The van der Waals surface area contributed by atoms with Gasteiger partial charge in [0.2, 0.25) is 5.75 Å². The van der Waals surface area contributed by atoms with Crippen molar-refractivity contribution in [3.05, 3.63) is 58.2 Å². The molecule has 7 nitrogen and oxygen atoms in total. The Morgan fingerprint density at radius 3 is 2.75 bits per heavy atom. The fraction of sp³-hybridized carbons (Fsp3) is 0. The van der Waals surface area contributed by atoms with E-state index in [1.165, 1.54) is 24.5 Å². The second-order valence-electron chi connectivity index (χ2n) is 3.65. The molecule has 2 aromatic rings. The summed E-state index contributed by atoms with van der Waals surface area (Å²) in [5.74, 6) is -2.96. The Morgan fingerprint density at radius 2 is 2.20 bits per heavy atom. The summed E-state index contributed by atoms with van der Waals surface area (Å²) in [5.41, 5.74) is -1.38. The first-order chi connectivity index (χ1) is 9.49. The molecule has 0 aliphatic rings. The molecule has 1 N–H and O–H groups in total. The van der Waals surface area contributed by atoms with Crippen LogP contribution in [0.3, 0.4) is 0 Å². The molecule has 0 aliphatic carbocycles. The summed E-state index contributed by atoms with van der Waals surface area (Å²) in [7, 11) is 0. The summed E-state index contributed by atoms with van der Waals surface area (Å²) < 4.78 is 18.6. The van der Waals surface area contributed by atoms with Gasteiger partial charge < -0.3 is 9.84 Å². The number of pyridine rings is 1. The Bertz CT molecular complexity index is 675. The fourth-order valence-electron chi connectivity index (χ4n) is 1.47. The predicted molar refractivity (Wildman–Crippen MR) is 64.3 cm³/mol. The van der Waals surface area contributed by atoms with Crippen LogP contribution in [-0.2, 0) is 0 Å². The van der Waals surface area contributed by atoms with Crippen LogP contribution in [0.15, 0.2) is 36.7 Å². The monoisotopic (exact) mass is 278 g/mol. The Balaban J connectivity index is 2.51. The standard InChI is InChI=1S/C12H7FN2O5/c13-9-5-10(15(18)19)11(4-8(9)12(16)17)20-7-2-1-3-14-6-7/h1-6H,(H,16,17). The predicted octanol–water partition coefficient (Wildman–Crippen LogP) is 2.62. The lowest BCUT2D eigenvalue weighted by Crippen LogP contribution is -2.03. The van der Waals surface area contributed by atoms with Crippen molar-refractivity contribution < 1.29 is 24.0 Å². The minimum absolute atomic E-state index is 0.165. The number of aromatic nitrogens is 1. The molecule has 0 saturated carbocycles. The van der Waals surface area contributed by atoms with E-state index in [1.54, 1.807) is 0 Å². The van der Waals surface area contributed by atoms with Crippen LogP contribution in [-0.4, -0.2) is 21.0 Å². The Kier molecular flexibility index (Phi) is 3.56. The van der Waals surface area contributed by atoms with Gasteiger partial charge in [0.1, 0.15) is 11.6 Å². The molecule has 0 saturated heterocycles. The summed E-state index contributed by atoms with van der Waals surface area (Å²) in [6.45, 7) is 0. The number of carboxylic acids is 1. The highest BCUT2D eigenvalue weighted by Crippen LogP contribution is 2.33. The molecule has 0 radical (unpaired) electrons. The molecule has 2 rings (SSSR count). The molecule has 20 heavy (non-hydrogen) atoms. The second-order valence-corrected chi connectivity index (χ2v) is 3.65. The van der Waals surface area contributed by atoms with Crippen LogP contribution in [0.2, 0.25) is 0 Å². The lowest BCUT2D eigenvalue weighted by Gasteiger charge is -2.07. The molecular weight excluding hydrogens is 271 g/mol. The van der Waals surface area contributed by atoms with Crippen molar-refractivity contribution in [2.75, 3.05) is 0 Å². The van der Waals surface area contributed by atoms with E-state index in [1.807, 2.05) is 0 Å². The van der Waals surface area contributed by atoms with Gasteiger partial charge in [0, 0.05) is 12.3 Å². The van der Waals surface area contributed by atoms with Gasteiger partial charge in [-0.05, 0) is 12.1 Å². The van der Waals surface area contributed by atoms with Crippen LogP contribution < -0.4 is 4.74 Å². The zero-order valence-corrected chi connectivity index (χ0v) is 9.82. The molecule has 0 aliphatic heterocycles. The molecule has 0 unspecified atom stereocenters. The van der Waals surface area contributed by atoms with Gasteiger partial charge in [-0.1, -0.05) is 0 Å². The first-order valence-corrected chi connectivity index (χ1v) is 5.28. The first-order valence-electron chi connectivity index (χ1n) is 5.28. The third kappa shape index (κ3) is 2.69. The summed E-state index contributed by atoms with van der Waals surface area (Å²) >= 11 is 0. The van der Waals surface area contributed by atoms with E-state index in [2.05, 4.69) is 4.98 Å². The number of nitro groups is 1. The van der Waals surface area contributed by atoms with E-state index in [0.717, 1.165) is 6.07 Å². The van der Waals surface area contributed by atoms with Gasteiger partial charge in [-0.25, -0.2) is 9.18 Å². The van der Waals surface area contributed by atoms with Crippen LogP contribution in [0.1, 0.15) is 10.4 Å². The molecule has 0 fully saturated rings. The van der Waals surface area contributed by atoms with Gasteiger partial charge in [0.15, 0.2) is 0 Å². The fourth-order valence-corrected chi connectivity index (χ4v) is 1.47. The van der Waals surface area contributed by atoms with Crippen molar-refractivity contribution in [1.29, 1.82) is 0 Å². The number of hydrogen-bond donors (Lipinski definition) is 1. The number of hydrogen-bond acceptors (Lipinski definition) is 5. The number of nitrogens with zero attached hydrogens (tertiary/aromatic N) is 2. The minimum Gasteiger partial charge on any atom is -0.478 e. The van der Waals surface area contributed by atoms with E-state index in [9.17, 15) is 19.3 Å². The van der Waals surface area contributed by atoms with Crippen LogP contribution in [0.4, 0.5) is 10.1 Å². The van der Waals surface area contributed by atoms with Crippen LogP contribution >= 0.6 is 0 Å². The van der Waals surface area contributed by atoms with E-state index < -0.39 is 28.0 Å². The van der Waals surface area contributed by atoms with Crippen molar-refractivity contribution in [3.8, 4) is 11.5 Å². The lowest BCUT2D eigenvalue weighted by molar-refractivity contribution is -0.385. The average Bonchev–Trinajstić information content (AvgIpc) is 2.41. The molecule has 8 heteroatoms. The minimum atomic E-state index is -1.55. The SMILES string of the molecule is O=C(O)c1cc(Oc2cccnc2)c([N+](=O)[O-])cc1F. The molecule has 0 spiro atoms. The van der Waals surface area contributed by atoms with Crippen molar-refractivity contribution in [2.24, 2.45) is 0 Å². The quantitative estimate of drug-likeness (QED) is 0.681. The van der Waals surface area contributed by atoms with Gasteiger partial charge >= 0.3 is 11.7 Å². The molecule has 0 amide bonds. The molecule has 0 bridgehead atoms. The van der Waals surface area contributed by atoms with Gasteiger partial charge in [-0.15, -0.1) is 0 Å². The largest absolute Gasteiger partial charge is 0.478 e. The average molecular weight is 278 g/mol. The van der Waals surface area contributed by atoms with E-state index in [-0.39, 0.29) is 11.5 Å². The third-order valence-electron chi connectivity index (χ3n) is 2.34. The van der Waals surface area contributed by atoms with Crippen LogP contribution in [0.5, 0.6) is 11.5 Å². The molecular formula is C12H7FN2O5. The van der Waals surface area contributed by atoms with Gasteiger partial charge in [-0.3, -0.25) is 15.1 Å². The number of aromatic carboxylic acids is 1. The molecule has 1 aromatic carbocycles. The highest BCUT2D eigenvalue weighted by atomic mass is 19.1. The van der Waals surface area contributed by atoms with Crippen molar-refractivity contribution >= 4 is 11.7 Å². The number of ether oxygens (including phenoxy) is 1. The van der Waals surface area contributed by atoms with Crippen molar-refractivity contribution in [2.45, 2.75) is 0 Å². The summed E-state index contributed by atoms with van der Waals surface area (Å²) in [5, 5.41) is 19.6. The van der Waals surface area contributed by atoms with Gasteiger partial charge in [0.25, 0.3) is 0 Å². The topological polar surface area (TPSA) is 103 Å². The number of halogens is 1. The first kappa shape index (κ1) is 13.4. The summed E-state index contributed by atoms with van der Waals surface area (Å²) in [6, 6.07) is 4.28. The number of carboxylic acid groups (broad SMARTS) is 1. The maximum atomic E-state index is 13.4. The van der Waals surface area contributed by atoms with Crippen molar-refractivity contribution in [1.82, 2.24) is 4.98 Å². The number of benzene rings is 1. The highest BCUT2D eigenvalue weighted by Gasteiger charge is 2.23. The van der Waals surface area contributed by atoms with Gasteiger partial charge in [-0.2, -0.15) is 0 Å². The summed E-state index contributed by atoms with van der Waals surface area (Å²) in [4.78, 5) is 24.6. The summed E-state index contributed by atoms with van der Waals surface area (Å²) in [6.07, 6.45) is 2.75. The number of rotatable bonds is 4. The van der Waals surface area contributed by atoms with E-state index in [4.69, 9.17) is 9.84 Å². The third-order valence-corrected chi connectivity index (χ3v) is 2.34. The lowest BCUT2D eigenvalue weighted by atomic mass is 10.1. The zero-order chi connectivity index (χ0) is 14.7. The number of carbonyl (C=O) groups is 1. The molecule has 1 aromatic heterocycles. The van der Waals surface area contributed by atoms with Crippen molar-refractivity contribution in [3.63, 3.8) is 0 Å². The Morgan fingerprint density at radius 1 is 1.45 bits per heavy atom.